The molecule has 2 N–H and O–H groups in total. The summed E-state index contributed by atoms with van der Waals surface area (Å²) in [5, 5.41) is 0. The van der Waals surface area contributed by atoms with Gasteiger partial charge in [0.2, 0.25) is 6.33 Å². The topological polar surface area (TPSA) is 66.6 Å². The van der Waals surface area contributed by atoms with Gasteiger partial charge in [0.15, 0.2) is 11.0 Å². The molecule has 0 saturated carbocycles. The first-order chi connectivity index (χ1) is 10.4. The van der Waals surface area contributed by atoms with Crippen LogP contribution < -0.4 is 17.0 Å². The van der Waals surface area contributed by atoms with E-state index in [1.54, 1.807) is 12.5 Å². The maximum Gasteiger partial charge on any atom is 0.245 e. The highest BCUT2D eigenvalue weighted by Crippen LogP contribution is 2.14. The molecule has 0 aliphatic heterocycles. The highest BCUT2D eigenvalue weighted by Gasteiger charge is 2.17. The maximum atomic E-state index is 5.45. The van der Waals surface area contributed by atoms with Gasteiger partial charge in [-0.25, -0.2) is 9.13 Å². The molecule has 3 heterocycles. The Morgan fingerprint density at radius 1 is 0.870 bits per heavy atom. The van der Waals surface area contributed by atoms with Crippen molar-refractivity contribution in [2.45, 2.75) is 13.1 Å². The summed E-state index contributed by atoms with van der Waals surface area (Å²) in [6, 6.07) is 16.2. The minimum atomic E-state index is 0. The lowest BCUT2D eigenvalue weighted by molar-refractivity contribution is -0.665. The van der Waals surface area contributed by atoms with Crippen LogP contribution >= 0.6 is 0 Å². The first-order valence-electron chi connectivity index (χ1n) is 6.92. The van der Waals surface area contributed by atoms with E-state index in [4.69, 9.17) is 8.83 Å². The van der Waals surface area contributed by atoms with Crippen LogP contribution in [0, 0.1) is 0 Å². The van der Waals surface area contributed by atoms with E-state index in [2.05, 4.69) is 39.7 Å². The standard InChI is InChI=1S/C17H15N2O2.ClH.H2O/c1-2-8-17-16(7-1)18(11-14-5-3-9-20-14)13-19(17)12-15-6-4-10-21-15;;/h1-10,13H,11-12H2;1H;1H2/q+1;;/p-1. The number of para-hydroxylation sites is 2. The SMILES string of the molecule is O.[Cl-].c1coc(Cn2c[n+](Cc3ccco3)c3ccccc32)c1. The summed E-state index contributed by atoms with van der Waals surface area (Å²) in [6.45, 7) is 1.44. The van der Waals surface area contributed by atoms with Gasteiger partial charge in [0.1, 0.15) is 24.6 Å². The molecule has 0 aliphatic carbocycles. The van der Waals surface area contributed by atoms with Crippen LogP contribution in [0.1, 0.15) is 11.5 Å². The van der Waals surface area contributed by atoms with Gasteiger partial charge < -0.3 is 26.7 Å². The van der Waals surface area contributed by atoms with Crippen LogP contribution in [0.4, 0.5) is 0 Å². The molecule has 0 spiro atoms. The van der Waals surface area contributed by atoms with E-state index < -0.39 is 0 Å². The monoisotopic (exact) mass is 332 g/mol. The number of furan rings is 2. The van der Waals surface area contributed by atoms with Gasteiger partial charge in [-0.2, -0.15) is 0 Å². The number of halogens is 1. The number of fused-ring (bicyclic) bond motifs is 1. The smallest absolute Gasteiger partial charge is 0.245 e. The van der Waals surface area contributed by atoms with Gasteiger partial charge in [-0.15, -0.1) is 0 Å². The number of imidazole rings is 1. The predicted octanol–water partition coefficient (Wildman–Crippen LogP) is -0.609. The van der Waals surface area contributed by atoms with Gasteiger partial charge in [-0.05, 0) is 36.4 Å². The summed E-state index contributed by atoms with van der Waals surface area (Å²) in [7, 11) is 0. The summed E-state index contributed by atoms with van der Waals surface area (Å²) >= 11 is 0. The quantitative estimate of drug-likeness (QED) is 0.468. The van der Waals surface area contributed by atoms with E-state index in [0.29, 0.717) is 0 Å². The number of benzene rings is 1. The Labute approximate surface area is 139 Å². The lowest BCUT2D eigenvalue weighted by Gasteiger charge is -1.93. The van der Waals surface area contributed by atoms with Gasteiger partial charge in [-0.1, -0.05) is 12.1 Å². The van der Waals surface area contributed by atoms with Crippen molar-refractivity contribution in [2.24, 2.45) is 0 Å². The van der Waals surface area contributed by atoms with Crippen molar-refractivity contribution in [3.05, 3.63) is 78.9 Å². The van der Waals surface area contributed by atoms with E-state index in [1.165, 1.54) is 11.0 Å². The fourth-order valence-corrected chi connectivity index (χ4v) is 2.64. The molecule has 0 radical (unpaired) electrons. The summed E-state index contributed by atoms with van der Waals surface area (Å²) < 4.78 is 15.3. The van der Waals surface area contributed by atoms with Crippen molar-refractivity contribution in [3.63, 3.8) is 0 Å². The molecule has 4 aromatic rings. The molecular formula is C17H17ClN2O3. The minimum absolute atomic E-state index is 0. The highest BCUT2D eigenvalue weighted by atomic mass is 35.5. The molecule has 120 valence electrons. The van der Waals surface area contributed by atoms with Crippen LogP contribution in [-0.4, -0.2) is 10.0 Å². The summed E-state index contributed by atoms with van der Waals surface area (Å²) in [5.41, 5.74) is 2.36. The van der Waals surface area contributed by atoms with Crippen molar-refractivity contribution in [2.75, 3.05) is 0 Å². The molecule has 0 bridgehead atoms. The Bertz CT molecular complexity index is 781. The first-order valence-corrected chi connectivity index (χ1v) is 6.92. The predicted molar refractivity (Wildman–Crippen MR) is 81.4 cm³/mol. The molecule has 6 heteroatoms. The molecule has 0 unspecified atom stereocenters. The van der Waals surface area contributed by atoms with Crippen molar-refractivity contribution < 1.29 is 31.3 Å². The summed E-state index contributed by atoms with van der Waals surface area (Å²) in [6.07, 6.45) is 5.52. The largest absolute Gasteiger partial charge is 1.00 e. The van der Waals surface area contributed by atoms with Gasteiger partial charge in [0.05, 0.1) is 12.5 Å². The second kappa shape index (κ2) is 7.17. The molecule has 0 saturated heterocycles. The van der Waals surface area contributed by atoms with Crippen LogP contribution in [-0.2, 0) is 13.1 Å². The van der Waals surface area contributed by atoms with E-state index in [1.807, 2.05) is 24.3 Å². The molecule has 0 amide bonds. The van der Waals surface area contributed by atoms with Crippen molar-refractivity contribution >= 4 is 11.0 Å². The molecule has 0 aliphatic rings. The number of aromatic nitrogens is 2. The Kier molecular flexibility index (Phi) is 5.26. The number of nitrogens with zero attached hydrogens (tertiary/aromatic N) is 2. The molecular weight excluding hydrogens is 316 g/mol. The van der Waals surface area contributed by atoms with Crippen LogP contribution in [0.25, 0.3) is 11.0 Å². The van der Waals surface area contributed by atoms with Gasteiger partial charge in [-0.3, -0.25) is 0 Å². The second-order valence-electron chi connectivity index (χ2n) is 5.02. The third-order valence-electron chi connectivity index (χ3n) is 3.59. The van der Waals surface area contributed by atoms with E-state index in [0.717, 1.165) is 24.6 Å². The molecule has 1 aromatic carbocycles. The molecule has 3 aromatic heterocycles. The summed E-state index contributed by atoms with van der Waals surface area (Å²) in [4.78, 5) is 0. The van der Waals surface area contributed by atoms with Crippen LogP contribution in [0.15, 0.2) is 76.2 Å². The van der Waals surface area contributed by atoms with Crippen molar-refractivity contribution in [3.8, 4) is 0 Å². The number of rotatable bonds is 4. The lowest BCUT2D eigenvalue weighted by Crippen LogP contribution is -3.00. The Hall–Kier alpha value is -2.50. The third-order valence-corrected chi connectivity index (χ3v) is 3.59. The Morgan fingerprint density at radius 2 is 1.57 bits per heavy atom. The van der Waals surface area contributed by atoms with Crippen LogP contribution in [0.2, 0.25) is 0 Å². The minimum Gasteiger partial charge on any atom is -1.00 e. The van der Waals surface area contributed by atoms with E-state index in [9.17, 15) is 0 Å². The number of hydrogen-bond acceptors (Lipinski definition) is 2. The Morgan fingerprint density at radius 3 is 2.26 bits per heavy atom. The highest BCUT2D eigenvalue weighted by molar-refractivity contribution is 5.71. The average molecular weight is 333 g/mol. The molecule has 4 rings (SSSR count). The average Bonchev–Trinajstić information content (AvgIpc) is 3.23. The molecule has 0 fully saturated rings. The van der Waals surface area contributed by atoms with Gasteiger partial charge >= 0.3 is 0 Å². The van der Waals surface area contributed by atoms with Crippen LogP contribution in [0.5, 0.6) is 0 Å². The van der Waals surface area contributed by atoms with Crippen molar-refractivity contribution in [1.82, 2.24) is 4.57 Å². The molecule has 23 heavy (non-hydrogen) atoms. The fourth-order valence-electron chi connectivity index (χ4n) is 2.64. The first kappa shape index (κ1) is 16.9. The zero-order valence-corrected chi connectivity index (χ0v) is 13.1. The van der Waals surface area contributed by atoms with Gasteiger partial charge in [0, 0.05) is 0 Å². The summed E-state index contributed by atoms with van der Waals surface area (Å²) in [5.74, 6) is 1.89. The normalized spacial score (nSPS) is 10.3. The molecule has 0 atom stereocenters. The van der Waals surface area contributed by atoms with Gasteiger partial charge in [0.25, 0.3) is 0 Å². The number of hydrogen-bond donors (Lipinski definition) is 0. The Balaban J connectivity index is 0.000000960. The zero-order valence-electron chi connectivity index (χ0n) is 12.4. The van der Waals surface area contributed by atoms with E-state index >= 15 is 0 Å². The fraction of sp³-hybridized carbons (Fsp3) is 0.118. The maximum absolute atomic E-state index is 5.45. The van der Waals surface area contributed by atoms with Crippen LogP contribution in [0.3, 0.4) is 0 Å². The zero-order chi connectivity index (χ0) is 14.1. The van der Waals surface area contributed by atoms with Crippen molar-refractivity contribution in [1.29, 1.82) is 0 Å². The molecule has 5 nitrogen and oxygen atoms in total. The second-order valence-corrected chi connectivity index (χ2v) is 5.02. The van der Waals surface area contributed by atoms with E-state index in [-0.39, 0.29) is 17.9 Å². The third kappa shape index (κ3) is 3.31. The lowest BCUT2D eigenvalue weighted by atomic mass is 10.3.